The number of nitrogens with zero attached hydrogens (tertiary/aromatic N) is 3. The van der Waals surface area contributed by atoms with E-state index in [1.807, 2.05) is 25.1 Å². The minimum absolute atomic E-state index is 0.168. The van der Waals surface area contributed by atoms with Crippen molar-refractivity contribution in [1.29, 1.82) is 0 Å². The Morgan fingerprint density at radius 1 is 1.40 bits per heavy atom. The zero-order chi connectivity index (χ0) is 14.5. The molecule has 6 heteroatoms. The van der Waals surface area contributed by atoms with E-state index in [4.69, 9.17) is 4.74 Å². The van der Waals surface area contributed by atoms with E-state index < -0.39 is 0 Å². The average molecular weight is 274 g/mol. The van der Waals surface area contributed by atoms with E-state index >= 15 is 0 Å². The molecule has 0 aliphatic heterocycles. The van der Waals surface area contributed by atoms with Crippen LogP contribution in [0.25, 0.3) is 0 Å². The quantitative estimate of drug-likeness (QED) is 0.905. The van der Waals surface area contributed by atoms with E-state index in [2.05, 4.69) is 15.2 Å². The Labute approximate surface area is 117 Å². The second kappa shape index (κ2) is 6.18. The first-order valence-electron chi connectivity index (χ1n) is 6.49. The Morgan fingerprint density at radius 2 is 2.15 bits per heavy atom. The third-order valence-electron chi connectivity index (χ3n) is 2.96. The number of benzene rings is 1. The molecule has 2 aromatic rings. The number of hydrogen-bond donors (Lipinski definition) is 1. The monoisotopic (exact) mass is 274 g/mol. The number of carbonyl (C=O) groups is 1. The van der Waals surface area contributed by atoms with Crippen LogP contribution < -0.4 is 9.64 Å². The van der Waals surface area contributed by atoms with Gasteiger partial charge in [0, 0.05) is 13.5 Å². The summed E-state index contributed by atoms with van der Waals surface area (Å²) < 4.78 is 5.25. The van der Waals surface area contributed by atoms with E-state index in [-0.39, 0.29) is 11.7 Å². The summed E-state index contributed by atoms with van der Waals surface area (Å²) in [6.45, 7) is 2.05. The maximum Gasteiger partial charge on any atom is 0.297 e. The zero-order valence-electron chi connectivity index (χ0n) is 11.9. The first kappa shape index (κ1) is 14.0. The van der Waals surface area contributed by atoms with Gasteiger partial charge in [-0.05, 0) is 18.6 Å². The molecule has 0 aliphatic carbocycles. The van der Waals surface area contributed by atoms with E-state index in [1.54, 1.807) is 20.2 Å². The zero-order valence-corrected chi connectivity index (χ0v) is 11.9. The standard InChI is InChI=1S/C14H18N4O2/c1-4-7-12-15-13(17-16-12)14(19)18(2)10-8-5-6-9-11(10)20-3/h5-6,8-9H,4,7H2,1-3H3,(H,15,16,17). The number of H-pyrrole nitrogens is 1. The van der Waals surface area contributed by atoms with Crippen molar-refractivity contribution in [3.8, 4) is 5.75 Å². The van der Waals surface area contributed by atoms with Crippen molar-refractivity contribution < 1.29 is 9.53 Å². The number of aromatic amines is 1. The van der Waals surface area contributed by atoms with E-state index in [1.165, 1.54) is 4.90 Å². The van der Waals surface area contributed by atoms with Crippen LogP contribution in [-0.4, -0.2) is 35.2 Å². The molecule has 0 radical (unpaired) electrons. The van der Waals surface area contributed by atoms with E-state index in [0.717, 1.165) is 18.7 Å². The molecule has 1 amide bonds. The fourth-order valence-corrected chi connectivity index (χ4v) is 1.91. The molecular weight excluding hydrogens is 256 g/mol. The van der Waals surface area contributed by atoms with Gasteiger partial charge >= 0.3 is 0 Å². The van der Waals surface area contributed by atoms with Crippen molar-refractivity contribution in [3.05, 3.63) is 35.9 Å². The molecule has 20 heavy (non-hydrogen) atoms. The first-order chi connectivity index (χ1) is 9.67. The Kier molecular flexibility index (Phi) is 4.34. The number of nitrogens with one attached hydrogen (secondary N) is 1. The number of rotatable bonds is 5. The predicted octanol–water partition coefficient (Wildman–Crippen LogP) is 2.04. The molecule has 1 aromatic carbocycles. The van der Waals surface area contributed by atoms with Crippen molar-refractivity contribution in [1.82, 2.24) is 15.2 Å². The molecule has 0 saturated carbocycles. The summed E-state index contributed by atoms with van der Waals surface area (Å²) in [5.41, 5.74) is 0.682. The summed E-state index contributed by atoms with van der Waals surface area (Å²) in [5, 5.41) is 6.75. The molecule has 0 bridgehead atoms. The molecule has 1 heterocycles. The molecule has 0 saturated heterocycles. The van der Waals surface area contributed by atoms with Gasteiger partial charge in [0.25, 0.3) is 5.91 Å². The summed E-state index contributed by atoms with van der Waals surface area (Å²) in [5.74, 6) is 1.26. The van der Waals surface area contributed by atoms with Crippen LogP contribution >= 0.6 is 0 Å². The summed E-state index contributed by atoms with van der Waals surface area (Å²) in [4.78, 5) is 18.0. The lowest BCUT2D eigenvalue weighted by atomic mass is 10.2. The number of aromatic nitrogens is 3. The molecule has 0 aliphatic rings. The van der Waals surface area contributed by atoms with Gasteiger partial charge in [-0.3, -0.25) is 9.89 Å². The van der Waals surface area contributed by atoms with Crippen LogP contribution in [0.1, 0.15) is 29.8 Å². The molecule has 0 atom stereocenters. The number of para-hydroxylation sites is 2. The molecule has 0 spiro atoms. The Balaban J connectivity index is 2.23. The van der Waals surface area contributed by atoms with Gasteiger partial charge in [0.15, 0.2) is 0 Å². The van der Waals surface area contributed by atoms with Gasteiger partial charge in [-0.15, -0.1) is 5.10 Å². The SMILES string of the molecule is CCCc1nc(C(=O)N(C)c2ccccc2OC)n[nH]1. The number of methoxy groups -OCH3 is 1. The molecule has 6 nitrogen and oxygen atoms in total. The lowest BCUT2D eigenvalue weighted by Gasteiger charge is -2.18. The number of anilines is 1. The van der Waals surface area contributed by atoms with Crippen molar-refractivity contribution in [2.24, 2.45) is 0 Å². The molecule has 1 aromatic heterocycles. The fraction of sp³-hybridized carbons (Fsp3) is 0.357. The smallest absolute Gasteiger partial charge is 0.297 e. The maximum atomic E-state index is 12.4. The minimum atomic E-state index is -0.270. The topological polar surface area (TPSA) is 71.1 Å². The highest BCUT2D eigenvalue weighted by Crippen LogP contribution is 2.27. The largest absolute Gasteiger partial charge is 0.495 e. The van der Waals surface area contributed by atoms with Crippen molar-refractivity contribution in [3.63, 3.8) is 0 Å². The molecule has 1 N–H and O–H groups in total. The number of carbonyl (C=O) groups excluding carboxylic acids is 1. The maximum absolute atomic E-state index is 12.4. The normalized spacial score (nSPS) is 10.3. The molecular formula is C14H18N4O2. The number of aryl methyl sites for hydroxylation is 1. The Morgan fingerprint density at radius 3 is 2.85 bits per heavy atom. The van der Waals surface area contributed by atoms with Gasteiger partial charge in [0.05, 0.1) is 12.8 Å². The highest BCUT2D eigenvalue weighted by molar-refractivity contribution is 6.03. The highest BCUT2D eigenvalue weighted by atomic mass is 16.5. The lowest BCUT2D eigenvalue weighted by Crippen LogP contribution is -2.27. The minimum Gasteiger partial charge on any atom is -0.495 e. The van der Waals surface area contributed by atoms with Crippen LogP contribution in [0.5, 0.6) is 5.75 Å². The number of ether oxygens (including phenoxy) is 1. The number of amides is 1. The van der Waals surface area contributed by atoms with Crippen molar-refractivity contribution >= 4 is 11.6 Å². The predicted molar refractivity (Wildman–Crippen MR) is 76.1 cm³/mol. The van der Waals surface area contributed by atoms with Gasteiger partial charge < -0.3 is 9.64 Å². The highest BCUT2D eigenvalue weighted by Gasteiger charge is 2.20. The van der Waals surface area contributed by atoms with Gasteiger partial charge in [0.1, 0.15) is 11.6 Å². The van der Waals surface area contributed by atoms with Gasteiger partial charge in [-0.1, -0.05) is 19.1 Å². The van der Waals surface area contributed by atoms with E-state index in [9.17, 15) is 4.79 Å². The second-order valence-corrected chi connectivity index (χ2v) is 4.39. The second-order valence-electron chi connectivity index (χ2n) is 4.39. The van der Waals surface area contributed by atoms with Crippen LogP contribution in [0.15, 0.2) is 24.3 Å². The first-order valence-corrected chi connectivity index (χ1v) is 6.49. The van der Waals surface area contributed by atoms with Crippen LogP contribution in [0.4, 0.5) is 5.69 Å². The van der Waals surface area contributed by atoms with Gasteiger partial charge in [-0.2, -0.15) is 0 Å². The van der Waals surface area contributed by atoms with Crippen molar-refractivity contribution in [2.45, 2.75) is 19.8 Å². The van der Waals surface area contributed by atoms with Gasteiger partial charge in [0.2, 0.25) is 5.82 Å². The third kappa shape index (κ3) is 2.79. The Hall–Kier alpha value is -2.37. The average Bonchev–Trinajstić information content (AvgIpc) is 2.94. The molecule has 0 fully saturated rings. The summed E-state index contributed by atoms with van der Waals surface area (Å²) >= 11 is 0. The van der Waals surface area contributed by atoms with Crippen LogP contribution in [0.2, 0.25) is 0 Å². The Bertz CT molecular complexity index is 594. The van der Waals surface area contributed by atoms with Crippen LogP contribution in [0.3, 0.4) is 0 Å². The number of hydrogen-bond acceptors (Lipinski definition) is 4. The van der Waals surface area contributed by atoms with Gasteiger partial charge in [-0.25, -0.2) is 4.98 Å². The fourth-order valence-electron chi connectivity index (χ4n) is 1.91. The molecule has 2 rings (SSSR count). The summed E-state index contributed by atoms with van der Waals surface area (Å²) in [7, 11) is 3.25. The summed E-state index contributed by atoms with van der Waals surface area (Å²) in [6.07, 6.45) is 1.73. The van der Waals surface area contributed by atoms with Crippen molar-refractivity contribution in [2.75, 3.05) is 19.1 Å². The molecule has 0 unspecified atom stereocenters. The lowest BCUT2D eigenvalue weighted by molar-refractivity contribution is 0.0983. The van der Waals surface area contributed by atoms with E-state index in [0.29, 0.717) is 11.4 Å². The molecule has 106 valence electrons. The third-order valence-corrected chi connectivity index (χ3v) is 2.96. The summed E-state index contributed by atoms with van der Waals surface area (Å²) in [6, 6.07) is 7.32. The van der Waals surface area contributed by atoms with Crippen LogP contribution in [-0.2, 0) is 6.42 Å². The van der Waals surface area contributed by atoms with Crippen LogP contribution in [0, 0.1) is 0 Å².